The van der Waals surface area contributed by atoms with Crippen LogP contribution in [0, 0.1) is 11.8 Å². The summed E-state index contributed by atoms with van der Waals surface area (Å²) < 4.78 is 0. The van der Waals surface area contributed by atoms with Gasteiger partial charge in [-0.25, -0.2) is 4.79 Å². The molecule has 0 aliphatic carbocycles. The fraction of sp³-hybridized carbons (Fsp3) is 0.595. The van der Waals surface area contributed by atoms with Gasteiger partial charge in [-0.05, 0) is 50.0 Å². The number of carbonyl (C=O) groups is 8. The van der Waals surface area contributed by atoms with Gasteiger partial charge in [-0.3, -0.25) is 38.6 Å². The van der Waals surface area contributed by atoms with Gasteiger partial charge in [-0.1, -0.05) is 64.4 Å². The van der Waals surface area contributed by atoms with Crippen molar-refractivity contribution in [1.82, 2.24) is 31.9 Å². The van der Waals surface area contributed by atoms with Gasteiger partial charge < -0.3 is 59.3 Å². The lowest BCUT2D eigenvalue weighted by molar-refractivity contribution is -0.142. The second-order valence-corrected chi connectivity index (χ2v) is 14.1. The molecule has 0 aromatic heterocycles. The average molecular weight is 805 g/mol. The Bertz CT molecular complexity index is 1550. The molecule has 1 aromatic carbocycles. The third-order valence-electron chi connectivity index (χ3n) is 8.84. The number of nitrogens with zero attached hydrogens (tertiary/aromatic N) is 1. The van der Waals surface area contributed by atoms with Crippen molar-refractivity contribution in [2.45, 2.75) is 116 Å². The van der Waals surface area contributed by atoms with Crippen LogP contribution >= 0.6 is 0 Å². The van der Waals surface area contributed by atoms with Crippen molar-refractivity contribution >= 4 is 53.3 Å². The van der Waals surface area contributed by atoms with Gasteiger partial charge in [0.15, 0.2) is 5.96 Å². The SMILES string of the molecule is CC[C@H](C)[C@H](NC(=O)[C@H](CCC(=O)O)NC(=O)CN)C(=O)N[C@@H](CCCN=C(N)N)C(=O)N[C@@H](Cc1ccccc1)C(=O)N[C@@H](C)C(=O)N[C@@H](CC(C)C)C(=O)O. The van der Waals surface area contributed by atoms with E-state index in [-0.39, 0.29) is 50.5 Å². The fourth-order valence-electron chi connectivity index (χ4n) is 5.48. The molecule has 0 heterocycles. The highest BCUT2D eigenvalue weighted by atomic mass is 16.4. The first kappa shape index (κ1) is 49.2. The molecule has 0 bridgehead atoms. The van der Waals surface area contributed by atoms with E-state index in [0.717, 1.165) is 0 Å². The summed E-state index contributed by atoms with van der Waals surface area (Å²) in [5.74, 6) is -7.88. The van der Waals surface area contributed by atoms with E-state index < -0.39 is 103 Å². The van der Waals surface area contributed by atoms with E-state index >= 15 is 0 Å². The highest BCUT2D eigenvalue weighted by molar-refractivity contribution is 5.97. The zero-order valence-electron chi connectivity index (χ0n) is 33.2. The molecule has 318 valence electrons. The molecule has 20 nitrogen and oxygen atoms in total. The van der Waals surface area contributed by atoms with Crippen LogP contribution in [0.25, 0.3) is 0 Å². The minimum absolute atomic E-state index is 0.0335. The maximum atomic E-state index is 14.0. The Morgan fingerprint density at radius 2 is 1.26 bits per heavy atom. The number of hydrogen-bond acceptors (Lipinski definition) is 10. The summed E-state index contributed by atoms with van der Waals surface area (Å²) in [6, 6.07) is 1.08. The van der Waals surface area contributed by atoms with E-state index in [2.05, 4.69) is 36.9 Å². The number of carboxylic acids is 2. The molecule has 7 atom stereocenters. The van der Waals surface area contributed by atoms with Crippen molar-refractivity contribution in [3.8, 4) is 0 Å². The van der Waals surface area contributed by atoms with Crippen LogP contribution in [0.3, 0.4) is 0 Å². The first-order valence-electron chi connectivity index (χ1n) is 18.8. The van der Waals surface area contributed by atoms with E-state index in [0.29, 0.717) is 12.0 Å². The van der Waals surface area contributed by atoms with Crippen LogP contribution in [0.5, 0.6) is 0 Å². The van der Waals surface area contributed by atoms with Crippen molar-refractivity contribution in [1.29, 1.82) is 0 Å². The summed E-state index contributed by atoms with van der Waals surface area (Å²) in [5.41, 5.74) is 16.9. The largest absolute Gasteiger partial charge is 0.481 e. The van der Waals surface area contributed by atoms with Crippen molar-refractivity contribution < 1.29 is 48.6 Å². The highest BCUT2D eigenvalue weighted by Gasteiger charge is 2.34. The maximum absolute atomic E-state index is 14.0. The number of hydrogen-bond donors (Lipinski definition) is 11. The standard InChI is InChI=1S/C37H60N10O10/c1-6-21(4)30(47-33(53)25(14-15-29(49)50)43-28(48)19-38)35(55)44-24(13-10-16-41-37(39)40)32(52)45-26(18-23-11-8-7-9-12-23)34(54)42-22(5)31(51)46-27(36(56)57)17-20(2)3/h7-9,11-12,20-22,24-27,30H,6,10,13-19,38H2,1-5H3,(H,42,54)(H,43,48)(H,44,55)(H,45,52)(H,46,51)(H,47,53)(H,49,50)(H,56,57)(H4,39,40,41)/t21-,22-,24-,25-,26-,27-,30-/m0/s1. The van der Waals surface area contributed by atoms with Gasteiger partial charge in [-0.15, -0.1) is 0 Å². The summed E-state index contributed by atoms with van der Waals surface area (Å²) in [5, 5.41) is 34.0. The molecule has 0 aliphatic heterocycles. The lowest BCUT2D eigenvalue weighted by atomic mass is 9.96. The van der Waals surface area contributed by atoms with Crippen LogP contribution < -0.4 is 49.1 Å². The topological polar surface area (TPSA) is 340 Å². The predicted molar refractivity (Wildman–Crippen MR) is 210 cm³/mol. The van der Waals surface area contributed by atoms with E-state index in [9.17, 15) is 43.5 Å². The van der Waals surface area contributed by atoms with Crippen molar-refractivity contribution in [3.63, 3.8) is 0 Å². The van der Waals surface area contributed by atoms with E-state index in [4.69, 9.17) is 22.3 Å². The lowest BCUT2D eigenvalue weighted by Gasteiger charge is -2.29. The number of aliphatic imine (C=N–C) groups is 1. The zero-order valence-corrected chi connectivity index (χ0v) is 33.2. The number of nitrogens with one attached hydrogen (secondary N) is 6. The Morgan fingerprint density at radius 1 is 0.702 bits per heavy atom. The van der Waals surface area contributed by atoms with Crippen LogP contribution in [-0.2, 0) is 44.8 Å². The minimum atomic E-state index is -1.33. The Morgan fingerprint density at radius 3 is 1.81 bits per heavy atom. The number of amides is 6. The van der Waals surface area contributed by atoms with Gasteiger partial charge in [0, 0.05) is 19.4 Å². The first-order chi connectivity index (χ1) is 26.8. The Hall–Kier alpha value is -5.79. The van der Waals surface area contributed by atoms with Crippen molar-refractivity contribution in [3.05, 3.63) is 35.9 Å². The summed E-state index contributed by atoms with van der Waals surface area (Å²) in [4.78, 5) is 107. The summed E-state index contributed by atoms with van der Waals surface area (Å²) in [6.07, 6.45) is -0.109. The molecule has 20 heteroatoms. The second-order valence-electron chi connectivity index (χ2n) is 14.1. The molecule has 0 saturated heterocycles. The van der Waals surface area contributed by atoms with Crippen LogP contribution in [0.4, 0.5) is 0 Å². The maximum Gasteiger partial charge on any atom is 0.326 e. The molecule has 0 aliphatic rings. The number of nitrogens with two attached hydrogens (primary N) is 3. The molecule has 0 fully saturated rings. The second kappa shape index (κ2) is 25.4. The highest BCUT2D eigenvalue weighted by Crippen LogP contribution is 2.12. The summed E-state index contributed by atoms with van der Waals surface area (Å²) in [6.45, 7) is 8.00. The van der Waals surface area contributed by atoms with Gasteiger partial charge in [0.1, 0.15) is 36.3 Å². The van der Waals surface area contributed by atoms with Crippen LogP contribution in [0.2, 0.25) is 0 Å². The van der Waals surface area contributed by atoms with E-state index in [1.165, 1.54) is 6.92 Å². The predicted octanol–water partition coefficient (Wildman–Crippen LogP) is -1.79. The van der Waals surface area contributed by atoms with Crippen molar-refractivity contribution in [2.24, 2.45) is 34.0 Å². The van der Waals surface area contributed by atoms with Gasteiger partial charge in [0.05, 0.1) is 6.54 Å². The van der Waals surface area contributed by atoms with E-state index in [1.54, 1.807) is 58.0 Å². The van der Waals surface area contributed by atoms with Gasteiger partial charge in [0.25, 0.3) is 0 Å². The molecule has 57 heavy (non-hydrogen) atoms. The quantitative estimate of drug-likeness (QED) is 0.0280. The number of carbonyl (C=O) groups excluding carboxylic acids is 6. The molecule has 1 rings (SSSR count). The Balaban J connectivity index is 3.42. The van der Waals surface area contributed by atoms with Crippen LogP contribution in [0.1, 0.15) is 78.7 Å². The Labute approximate surface area is 332 Å². The third kappa shape index (κ3) is 19.1. The molecule has 0 radical (unpaired) electrons. The van der Waals surface area contributed by atoms with Crippen molar-refractivity contribution in [2.75, 3.05) is 13.1 Å². The molecule has 1 aromatic rings. The summed E-state index contributed by atoms with van der Waals surface area (Å²) >= 11 is 0. The monoisotopic (exact) mass is 804 g/mol. The van der Waals surface area contributed by atoms with Gasteiger partial charge in [-0.2, -0.15) is 0 Å². The molecule has 0 saturated carbocycles. The average Bonchev–Trinajstić information content (AvgIpc) is 3.15. The minimum Gasteiger partial charge on any atom is -0.481 e. The Kier molecular flexibility index (Phi) is 21.9. The van der Waals surface area contributed by atoms with Gasteiger partial charge >= 0.3 is 11.9 Å². The number of guanidine groups is 1. The van der Waals surface area contributed by atoms with E-state index in [1.807, 2.05) is 0 Å². The zero-order chi connectivity index (χ0) is 43.2. The number of carboxylic acid groups (broad SMARTS) is 2. The number of benzene rings is 1. The molecule has 0 spiro atoms. The fourth-order valence-corrected chi connectivity index (χ4v) is 5.48. The number of rotatable bonds is 26. The first-order valence-corrected chi connectivity index (χ1v) is 18.8. The third-order valence-corrected chi connectivity index (χ3v) is 8.84. The lowest BCUT2D eigenvalue weighted by Crippen LogP contribution is -2.60. The summed E-state index contributed by atoms with van der Waals surface area (Å²) in [7, 11) is 0. The number of aliphatic carboxylic acids is 2. The normalized spacial score (nSPS) is 14.6. The molecule has 6 amide bonds. The molecule has 0 unspecified atom stereocenters. The smallest absolute Gasteiger partial charge is 0.326 e. The van der Waals surface area contributed by atoms with Crippen LogP contribution in [0.15, 0.2) is 35.3 Å². The molecular weight excluding hydrogens is 744 g/mol. The van der Waals surface area contributed by atoms with Crippen LogP contribution in [-0.4, -0.2) is 113 Å². The molecule has 14 N–H and O–H groups in total. The molecular formula is C37H60N10O10. The van der Waals surface area contributed by atoms with Gasteiger partial charge in [0.2, 0.25) is 35.4 Å².